The Hall–Kier alpha value is -2.53. The number of quaternary nitrogens is 1. The van der Waals surface area contributed by atoms with Crippen LogP contribution in [0.5, 0.6) is 11.5 Å². The van der Waals surface area contributed by atoms with Crippen LogP contribution < -0.4 is 19.7 Å². The number of ether oxygens (including phenoxy) is 2. The van der Waals surface area contributed by atoms with E-state index in [4.69, 9.17) is 9.47 Å². The molecule has 0 aliphatic rings. The van der Waals surface area contributed by atoms with Crippen LogP contribution in [0.15, 0.2) is 48.5 Å². The summed E-state index contributed by atoms with van der Waals surface area (Å²) in [6.07, 6.45) is 0. The molecule has 2 aromatic carbocycles. The standard InChI is InChI=1S/C20H26N2O3/c1-15(22(2)14-17-7-11-19(25-4)12-8-17)20(23)21-13-16-5-9-18(24-3)10-6-16/h5-12,15H,13-14H2,1-4H3,(H,21,23)/p+1/t15-/m0/s1. The molecule has 1 amide bonds. The van der Waals surface area contributed by atoms with Gasteiger partial charge in [-0.25, -0.2) is 0 Å². The molecule has 0 spiro atoms. The van der Waals surface area contributed by atoms with Crippen LogP contribution in [-0.4, -0.2) is 33.2 Å². The Labute approximate surface area is 149 Å². The number of benzene rings is 2. The molecule has 0 saturated carbocycles. The second-order valence-electron chi connectivity index (χ2n) is 6.16. The molecule has 25 heavy (non-hydrogen) atoms. The van der Waals surface area contributed by atoms with E-state index in [0.29, 0.717) is 6.54 Å². The second-order valence-corrected chi connectivity index (χ2v) is 6.16. The Balaban J connectivity index is 1.84. The van der Waals surface area contributed by atoms with Crippen LogP contribution in [0, 0.1) is 0 Å². The van der Waals surface area contributed by atoms with Crippen molar-refractivity contribution in [3.8, 4) is 11.5 Å². The average molecular weight is 343 g/mol. The third-order valence-electron chi connectivity index (χ3n) is 4.40. The van der Waals surface area contributed by atoms with Gasteiger partial charge in [0.15, 0.2) is 6.04 Å². The topological polar surface area (TPSA) is 52.0 Å². The minimum atomic E-state index is -0.139. The molecule has 1 unspecified atom stereocenters. The number of likely N-dealkylation sites (N-methyl/N-ethyl adjacent to an activating group) is 1. The molecule has 2 rings (SSSR count). The summed E-state index contributed by atoms with van der Waals surface area (Å²) in [6, 6.07) is 15.5. The van der Waals surface area contributed by atoms with Gasteiger partial charge in [-0.3, -0.25) is 4.79 Å². The first-order valence-electron chi connectivity index (χ1n) is 8.39. The molecule has 0 bridgehead atoms. The van der Waals surface area contributed by atoms with Crippen molar-refractivity contribution in [2.24, 2.45) is 0 Å². The first kappa shape index (κ1) is 18.8. The Morgan fingerprint density at radius 3 is 1.92 bits per heavy atom. The largest absolute Gasteiger partial charge is 0.497 e. The number of carbonyl (C=O) groups excluding carboxylic acids is 1. The van der Waals surface area contributed by atoms with E-state index in [1.165, 1.54) is 5.56 Å². The molecule has 5 heteroatoms. The Bertz CT molecular complexity index is 668. The van der Waals surface area contributed by atoms with Crippen molar-refractivity contribution in [3.63, 3.8) is 0 Å². The quantitative estimate of drug-likeness (QED) is 0.762. The molecule has 2 aromatic rings. The van der Waals surface area contributed by atoms with Crippen LogP contribution in [0.3, 0.4) is 0 Å². The molecule has 2 N–H and O–H groups in total. The van der Waals surface area contributed by atoms with Gasteiger partial charge < -0.3 is 19.7 Å². The molecule has 2 atom stereocenters. The molecule has 0 saturated heterocycles. The summed E-state index contributed by atoms with van der Waals surface area (Å²) in [5.41, 5.74) is 2.22. The maximum atomic E-state index is 12.4. The van der Waals surface area contributed by atoms with Crippen molar-refractivity contribution in [2.75, 3.05) is 21.3 Å². The van der Waals surface area contributed by atoms with E-state index in [2.05, 4.69) is 5.32 Å². The predicted molar refractivity (Wildman–Crippen MR) is 97.9 cm³/mol. The zero-order valence-corrected chi connectivity index (χ0v) is 15.3. The van der Waals surface area contributed by atoms with Crippen molar-refractivity contribution in [2.45, 2.75) is 26.1 Å². The van der Waals surface area contributed by atoms with Gasteiger partial charge in [0.2, 0.25) is 0 Å². The highest BCUT2D eigenvalue weighted by Gasteiger charge is 2.21. The number of methoxy groups -OCH3 is 2. The molecular formula is C20H27N2O3+. The molecule has 134 valence electrons. The summed E-state index contributed by atoms with van der Waals surface area (Å²) >= 11 is 0. The van der Waals surface area contributed by atoms with Crippen LogP contribution in [0.2, 0.25) is 0 Å². The van der Waals surface area contributed by atoms with Gasteiger partial charge in [-0.15, -0.1) is 0 Å². The Morgan fingerprint density at radius 1 is 0.960 bits per heavy atom. The number of carbonyl (C=O) groups is 1. The first-order chi connectivity index (χ1) is 12.0. The van der Waals surface area contributed by atoms with Gasteiger partial charge in [0.1, 0.15) is 18.0 Å². The molecular weight excluding hydrogens is 316 g/mol. The lowest BCUT2D eigenvalue weighted by Gasteiger charge is -2.21. The fourth-order valence-corrected chi connectivity index (χ4v) is 2.53. The second kappa shape index (κ2) is 9.08. The molecule has 0 aliphatic heterocycles. The summed E-state index contributed by atoms with van der Waals surface area (Å²) in [6.45, 7) is 3.24. The fraction of sp³-hybridized carbons (Fsp3) is 0.350. The zero-order valence-electron chi connectivity index (χ0n) is 15.3. The van der Waals surface area contributed by atoms with E-state index in [-0.39, 0.29) is 11.9 Å². The van der Waals surface area contributed by atoms with Crippen LogP contribution in [0.4, 0.5) is 0 Å². The number of hydrogen-bond donors (Lipinski definition) is 2. The van der Waals surface area contributed by atoms with Gasteiger partial charge in [0.25, 0.3) is 5.91 Å². The van der Waals surface area contributed by atoms with E-state index in [1.807, 2.05) is 62.5 Å². The average Bonchev–Trinajstić information content (AvgIpc) is 2.66. The number of hydrogen-bond acceptors (Lipinski definition) is 3. The number of nitrogens with one attached hydrogen (secondary N) is 2. The summed E-state index contributed by atoms with van der Waals surface area (Å²) in [7, 11) is 5.32. The van der Waals surface area contributed by atoms with E-state index in [9.17, 15) is 4.79 Å². The van der Waals surface area contributed by atoms with E-state index < -0.39 is 0 Å². The Morgan fingerprint density at radius 2 is 1.44 bits per heavy atom. The summed E-state index contributed by atoms with van der Waals surface area (Å²) in [4.78, 5) is 13.5. The van der Waals surface area contributed by atoms with E-state index in [0.717, 1.165) is 28.5 Å². The van der Waals surface area contributed by atoms with Crippen molar-refractivity contribution in [1.29, 1.82) is 0 Å². The molecule has 0 aliphatic carbocycles. The first-order valence-corrected chi connectivity index (χ1v) is 8.39. The maximum Gasteiger partial charge on any atom is 0.278 e. The number of rotatable bonds is 8. The smallest absolute Gasteiger partial charge is 0.278 e. The highest BCUT2D eigenvalue weighted by atomic mass is 16.5. The highest BCUT2D eigenvalue weighted by molar-refractivity contribution is 5.79. The summed E-state index contributed by atoms with van der Waals surface area (Å²) in [5.74, 6) is 1.70. The summed E-state index contributed by atoms with van der Waals surface area (Å²) in [5, 5.41) is 3.00. The van der Waals surface area contributed by atoms with Gasteiger partial charge in [-0.1, -0.05) is 12.1 Å². The van der Waals surface area contributed by atoms with Crippen LogP contribution in [0.1, 0.15) is 18.1 Å². The van der Waals surface area contributed by atoms with Gasteiger partial charge >= 0.3 is 0 Å². The van der Waals surface area contributed by atoms with E-state index in [1.54, 1.807) is 14.2 Å². The summed E-state index contributed by atoms with van der Waals surface area (Å²) < 4.78 is 10.3. The monoisotopic (exact) mass is 343 g/mol. The van der Waals surface area contributed by atoms with Crippen molar-refractivity contribution in [1.82, 2.24) is 5.32 Å². The van der Waals surface area contributed by atoms with Crippen molar-refractivity contribution in [3.05, 3.63) is 59.7 Å². The lowest BCUT2D eigenvalue weighted by atomic mass is 10.1. The fourth-order valence-electron chi connectivity index (χ4n) is 2.53. The van der Waals surface area contributed by atoms with Gasteiger partial charge in [0.05, 0.1) is 21.3 Å². The highest BCUT2D eigenvalue weighted by Crippen LogP contribution is 2.11. The van der Waals surface area contributed by atoms with Crippen LogP contribution in [-0.2, 0) is 17.9 Å². The van der Waals surface area contributed by atoms with Gasteiger partial charge in [-0.05, 0) is 48.9 Å². The van der Waals surface area contributed by atoms with E-state index >= 15 is 0 Å². The minimum Gasteiger partial charge on any atom is -0.497 e. The van der Waals surface area contributed by atoms with Crippen LogP contribution in [0.25, 0.3) is 0 Å². The third-order valence-corrected chi connectivity index (χ3v) is 4.40. The molecule has 5 nitrogen and oxygen atoms in total. The Kier molecular flexibility index (Phi) is 6.83. The normalized spacial score (nSPS) is 13.0. The van der Waals surface area contributed by atoms with Crippen molar-refractivity contribution < 1.29 is 19.2 Å². The third kappa shape index (κ3) is 5.50. The SMILES string of the molecule is COc1ccc(CNC(=O)[C@H](C)[NH+](C)Cc2ccc(OC)cc2)cc1. The molecule has 0 heterocycles. The lowest BCUT2D eigenvalue weighted by molar-refractivity contribution is -0.908. The minimum absolute atomic E-state index is 0.0434. The number of amides is 1. The molecule has 0 radical (unpaired) electrons. The molecule has 0 aromatic heterocycles. The van der Waals surface area contributed by atoms with Gasteiger partial charge in [-0.2, -0.15) is 0 Å². The zero-order chi connectivity index (χ0) is 18.2. The molecule has 0 fully saturated rings. The van der Waals surface area contributed by atoms with Crippen LogP contribution >= 0.6 is 0 Å². The van der Waals surface area contributed by atoms with Gasteiger partial charge in [0, 0.05) is 12.1 Å². The lowest BCUT2D eigenvalue weighted by Crippen LogP contribution is -3.12. The maximum absolute atomic E-state index is 12.4. The van der Waals surface area contributed by atoms with Crippen molar-refractivity contribution >= 4 is 5.91 Å². The predicted octanol–water partition coefficient (Wildman–Crippen LogP) is 1.42.